The van der Waals surface area contributed by atoms with Gasteiger partial charge in [-0.15, -0.1) is 0 Å². The Bertz CT molecular complexity index is 985. The third-order valence-electron chi connectivity index (χ3n) is 5.12. The first-order valence-corrected chi connectivity index (χ1v) is 11.8. The Morgan fingerprint density at radius 2 is 1.91 bits per heavy atom. The van der Waals surface area contributed by atoms with Crippen molar-refractivity contribution in [1.82, 2.24) is 4.90 Å². The number of halogens is 1. The smallest absolute Gasteiger partial charge is 0.410 e. The summed E-state index contributed by atoms with van der Waals surface area (Å²) in [5.41, 5.74) is 0.347. The number of fused-ring (bicyclic) bond motifs is 1. The number of para-hydroxylation sites is 2. The lowest BCUT2D eigenvalue weighted by molar-refractivity contribution is -0.0381. The molecule has 174 valence electrons. The van der Waals surface area contributed by atoms with Gasteiger partial charge in [-0.25, -0.2) is 17.8 Å². The van der Waals surface area contributed by atoms with Crippen molar-refractivity contribution in [2.24, 2.45) is 0 Å². The fraction of sp³-hybridized carbons (Fsp3) is 0.409. The van der Waals surface area contributed by atoms with Crippen LogP contribution >= 0.6 is 11.0 Å². The predicted molar refractivity (Wildman–Crippen MR) is 123 cm³/mol. The Kier molecular flexibility index (Phi) is 5.97. The second kappa shape index (κ2) is 8.43. The van der Waals surface area contributed by atoms with E-state index < -0.39 is 34.6 Å². The first-order chi connectivity index (χ1) is 15.1. The van der Waals surface area contributed by atoms with Gasteiger partial charge in [0.15, 0.2) is 0 Å². The van der Waals surface area contributed by atoms with Crippen LogP contribution in [0.25, 0.3) is 0 Å². The molecule has 4 rings (SSSR count). The highest BCUT2D eigenvalue weighted by Crippen LogP contribution is 2.64. The van der Waals surface area contributed by atoms with E-state index in [9.17, 15) is 18.3 Å². The van der Waals surface area contributed by atoms with Gasteiger partial charge >= 0.3 is 6.09 Å². The lowest BCUT2D eigenvalue weighted by Crippen LogP contribution is -2.51. The Morgan fingerprint density at radius 3 is 2.59 bits per heavy atom. The minimum Gasteiger partial charge on any atom is -0.444 e. The number of ether oxygens (including phenoxy) is 2. The highest BCUT2D eigenvalue weighted by molar-refractivity contribution is 8.27. The molecule has 0 aliphatic carbocycles. The minimum atomic E-state index is -3.62. The van der Waals surface area contributed by atoms with Gasteiger partial charge in [-0.2, -0.15) is 0 Å². The minimum absolute atomic E-state index is 0.0150. The van der Waals surface area contributed by atoms with Crippen molar-refractivity contribution < 1.29 is 27.8 Å². The normalized spacial score (nSPS) is 21.3. The zero-order valence-electron chi connectivity index (χ0n) is 18.3. The van der Waals surface area contributed by atoms with Crippen molar-refractivity contribution in [3.05, 3.63) is 54.3 Å². The monoisotopic (exact) mass is 465 g/mol. The maximum Gasteiger partial charge on any atom is 0.410 e. The summed E-state index contributed by atoms with van der Waals surface area (Å²) in [7, 11) is -3.62. The number of rotatable bonds is 3. The maximum atomic E-state index is 14.9. The molecule has 0 aromatic heterocycles. The van der Waals surface area contributed by atoms with Crippen LogP contribution in [0.1, 0.15) is 20.8 Å². The van der Waals surface area contributed by atoms with Crippen LogP contribution < -0.4 is 8.61 Å². The molecule has 1 saturated heterocycles. The largest absolute Gasteiger partial charge is 0.444 e. The number of carbonyl (C=O) groups excluding carboxylic acids is 1. The standard InChI is InChI=1S/C22H28FN3O5S/c1-22(2,3)31-21(27)24-12-13-30-17(14-24)15-25-20-18(23)10-7-11-19(20)26(32(25,28)29)16-8-5-4-6-9-16/h4-11,17,28-29H,12-15H2,1-3H3. The summed E-state index contributed by atoms with van der Waals surface area (Å²) in [5.74, 6) is -0.569. The van der Waals surface area contributed by atoms with Gasteiger partial charge in [-0.05, 0) is 56.0 Å². The van der Waals surface area contributed by atoms with Crippen molar-refractivity contribution in [2.75, 3.05) is 34.9 Å². The van der Waals surface area contributed by atoms with E-state index >= 15 is 0 Å². The highest BCUT2D eigenvalue weighted by atomic mass is 32.3. The summed E-state index contributed by atoms with van der Waals surface area (Å²) in [5, 5.41) is 0. The molecule has 0 radical (unpaired) electrons. The number of hydrogen-bond donors (Lipinski definition) is 2. The molecule has 1 amide bonds. The average molecular weight is 466 g/mol. The Labute approximate surface area is 188 Å². The Balaban J connectivity index is 1.60. The molecule has 32 heavy (non-hydrogen) atoms. The van der Waals surface area contributed by atoms with Crippen molar-refractivity contribution >= 4 is 34.1 Å². The number of nitrogens with zero attached hydrogens (tertiary/aromatic N) is 3. The Morgan fingerprint density at radius 1 is 1.19 bits per heavy atom. The first kappa shape index (κ1) is 22.7. The third kappa shape index (κ3) is 4.36. The zero-order valence-corrected chi connectivity index (χ0v) is 19.1. The molecule has 2 aromatic rings. The fourth-order valence-corrected chi connectivity index (χ4v) is 5.61. The van der Waals surface area contributed by atoms with Gasteiger partial charge in [0.25, 0.3) is 0 Å². The predicted octanol–water partition coefficient (Wildman–Crippen LogP) is 5.00. The SMILES string of the molecule is CC(C)(C)OC(=O)N1CCOC(CN2c3c(F)cccc3N(c3ccccc3)S2(O)O)C1. The number of amides is 1. The van der Waals surface area contributed by atoms with Crippen LogP contribution in [0, 0.1) is 5.82 Å². The molecule has 1 fully saturated rings. The van der Waals surface area contributed by atoms with E-state index in [1.165, 1.54) is 25.6 Å². The van der Waals surface area contributed by atoms with Crippen LogP contribution in [0.2, 0.25) is 0 Å². The number of morpholine rings is 1. The van der Waals surface area contributed by atoms with Crippen LogP contribution in [0.5, 0.6) is 0 Å². The number of hydrogen-bond acceptors (Lipinski definition) is 7. The topological polar surface area (TPSA) is 85.7 Å². The summed E-state index contributed by atoms with van der Waals surface area (Å²) >= 11 is 0. The summed E-state index contributed by atoms with van der Waals surface area (Å²) in [6.07, 6.45) is -1.03. The van der Waals surface area contributed by atoms with Crippen LogP contribution in [0.15, 0.2) is 48.5 Å². The molecule has 8 nitrogen and oxygen atoms in total. The van der Waals surface area contributed by atoms with Crippen molar-refractivity contribution in [3.8, 4) is 0 Å². The molecule has 10 heteroatoms. The highest BCUT2D eigenvalue weighted by Gasteiger charge is 2.45. The molecule has 0 saturated carbocycles. The van der Waals surface area contributed by atoms with E-state index in [1.54, 1.807) is 51.1 Å². The van der Waals surface area contributed by atoms with Gasteiger partial charge < -0.3 is 14.4 Å². The molecule has 2 heterocycles. The lowest BCUT2D eigenvalue weighted by Gasteiger charge is -2.45. The molecule has 1 atom stereocenters. The number of anilines is 3. The molecule has 2 aromatic carbocycles. The fourth-order valence-electron chi connectivity index (χ4n) is 3.81. The van der Waals surface area contributed by atoms with E-state index in [1.807, 2.05) is 6.07 Å². The molecular formula is C22H28FN3O5S. The van der Waals surface area contributed by atoms with E-state index in [0.29, 0.717) is 17.9 Å². The lowest BCUT2D eigenvalue weighted by atomic mass is 10.2. The summed E-state index contributed by atoms with van der Waals surface area (Å²) < 4.78 is 51.2. The van der Waals surface area contributed by atoms with Crippen LogP contribution in [-0.4, -0.2) is 58.0 Å². The quantitative estimate of drug-likeness (QED) is 0.660. The van der Waals surface area contributed by atoms with Crippen LogP contribution in [0.4, 0.5) is 26.2 Å². The van der Waals surface area contributed by atoms with Gasteiger partial charge in [0, 0.05) is 6.54 Å². The molecule has 1 unspecified atom stereocenters. The van der Waals surface area contributed by atoms with Crippen molar-refractivity contribution in [3.63, 3.8) is 0 Å². The number of benzene rings is 2. The van der Waals surface area contributed by atoms with Gasteiger partial charge in [0.1, 0.15) is 17.1 Å². The Hall–Kier alpha value is -2.53. The molecule has 2 N–H and O–H groups in total. The molecular weight excluding hydrogens is 437 g/mol. The molecule has 0 bridgehead atoms. The van der Waals surface area contributed by atoms with E-state index in [4.69, 9.17) is 9.47 Å². The van der Waals surface area contributed by atoms with Gasteiger partial charge in [0.05, 0.1) is 37.2 Å². The van der Waals surface area contributed by atoms with Gasteiger partial charge in [0.2, 0.25) is 0 Å². The summed E-state index contributed by atoms with van der Waals surface area (Å²) in [6.45, 7) is 6.18. The average Bonchev–Trinajstić information content (AvgIpc) is 2.95. The number of carbonyl (C=O) groups is 1. The van der Waals surface area contributed by atoms with Crippen molar-refractivity contribution in [1.29, 1.82) is 0 Å². The van der Waals surface area contributed by atoms with Crippen molar-refractivity contribution in [2.45, 2.75) is 32.5 Å². The van der Waals surface area contributed by atoms with Crippen LogP contribution in [0.3, 0.4) is 0 Å². The zero-order chi connectivity index (χ0) is 23.1. The summed E-state index contributed by atoms with van der Waals surface area (Å²) in [6, 6.07) is 13.3. The van der Waals surface area contributed by atoms with E-state index in [0.717, 1.165) is 0 Å². The first-order valence-electron chi connectivity index (χ1n) is 10.4. The maximum absolute atomic E-state index is 14.9. The van der Waals surface area contributed by atoms with Gasteiger partial charge in [-0.1, -0.05) is 24.3 Å². The van der Waals surface area contributed by atoms with E-state index in [-0.39, 0.29) is 25.4 Å². The van der Waals surface area contributed by atoms with Crippen LogP contribution in [-0.2, 0) is 9.47 Å². The summed E-state index contributed by atoms with van der Waals surface area (Å²) in [4.78, 5) is 14.0. The molecule has 2 aliphatic heterocycles. The second-order valence-electron chi connectivity index (χ2n) is 8.71. The molecule has 2 aliphatic rings. The second-order valence-corrected chi connectivity index (χ2v) is 10.5. The van der Waals surface area contributed by atoms with Gasteiger partial charge in [-0.3, -0.25) is 9.11 Å². The third-order valence-corrected chi connectivity index (χ3v) is 6.95. The molecule has 0 spiro atoms. The van der Waals surface area contributed by atoms with E-state index in [2.05, 4.69) is 0 Å².